The van der Waals surface area contributed by atoms with Gasteiger partial charge in [-0.05, 0) is 37.3 Å². The average molecular weight is 406 g/mol. The molecule has 2 heterocycles. The number of aromatic nitrogens is 2. The van der Waals surface area contributed by atoms with Gasteiger partial charge in [-0.3, -0.25) is 9.54 Å². The van der Waals surface area contributed by atoms with Crippen molar-refractivity contribution in [2.45, 2.75) is 29.6 Å². The van der Waals surface area contributed by atoms with E-state index in [2.05, 4.69) is 4.98 Å². The Morgan fingerprint density at radius 2 is 1.67 bits per heavy atom. The Labute approximate surface area is 158 Å². The molecule has 0 radical (unpaired) electrons. The normalized spacial score (nSPS) is 13.4. The summed E-state index contributed by atoms with van der Waals surface area (Å²) in [5.41, 5.74) is 1.64. The van der Waals surface area contributed by atoms with Gasteiger partial charge in [0.25, 0.3) is 20.1 Å². The van der Waals surface area contributed by atoms with E-state index in [9.17, 15) is 21.4 Å². The molecule has 1 atom stereocenters. The molecule has 0 aliphatic rings. The van der Waals surface area contributed by atoms with Crippen LogP contribution in [0.4, 0.5) is 0 Å². The van der Waals surface area contributed by atoms with Crippen LogP contribution in [0.3, 0.4) is 0 Å². The highest BCUT2D eigenvalue weighted by Crippen LogP contribution is 2.29. The monoisotopic (exact) mass is 406 g/mol. The van der Waals surface area contributed by atoms with Crippen molar-refractivity contribution in [3.63, 3.8) is 0 Å². The fraction of sp³-hybridized carbons (Fsp3) is 0.167. The Kier molecular flexibility index (Phi) is 4.94. The summed E-state index contributed by atoms with van der Waals surface area (Å²) in [5, 5.41) is 0. The van der Waals surface area contributed by atoms with Crippen LogP contribution in [0.5, 0.6) is 0 Å². The van der Waals surface area contributed by atoms with Gasteiger partial charge in [0, 0.05) is 29.7 Å². The first-order valence-corrected chi connectivity index (χ1v) is 10.9. The molecule has 0 saturated carbocycles. The standard InChI is InChI=1S/C18H18N2O5S2/c1-13-6-8-15(9-7-13)26(21,22)20-12-16(27(23,24)25)11-18(20)14(2)17-5-3-4-10-19-17/h3-12,14H,1-2H3,(H,23,24,25). The number of hydrogen-bond donors (Lipinski definition) is 1. The molecule has 0 aliphatic heterocycles. The molecule has 27 heavy (non-hydrogen) atoms. The minimum Gasteiger partial charge on any atom is -0.282 e. The molecule has 1 aromatic carbocycles. The van der Waals surface area contributed by atoms with Gasteiger partial charge < -0.3 is 0 Å². The molecule has 7 nitrogen and oxygen atoms in total. The first-order valence-electron chi connectivity index (χ1n) is 8.03. The number of benzene rings is 1. The van der Waals surface area contributed by atoms with Gasteiger partial charge in [-0.2, -0.15) is 8.42 Å². The number of rotatable bonds is 5. The van der Waals surface area contributed by atoms with Crippen molar-refractivity contribution in [1.29, 1.82) is 0 Å². The predicted molar refractivity (Wildman–Crippen MR) is 99.8 cm³/mol. The molecule has 0 bridgehead atoms. The fourth-order valence-electron chi connectivity index (χ4n) is 2.71. The molecule has 0 spiro atoms. The first kappa shape index (κ1) is 19.3. The molecule has 3 rings (SSSR count). The Bertz CT molecular complexity index is 1170. The minimum atomic E-state index is -4.58. The topological polar surface area (TPSA) is 106 Å². The van der Waals surface area contributed by atoms with E-state index in [4.69, 9.17) is 0 Å². The maximum absolute atomic E-state index is 13.1. The minimum absolute atomic E-state index is 0.0139. The first-order chi connectivity index (χ1) is 12.6. The maximum atomic E-state index is 13.1. The van der Waals surface area contributed by atoms with Crippen LogP contribution in [-0.4, -0.2) is 30.3 Å². The van der Waals surface area contributed by atoms with Crippen molar-refractivity contribution in [2.75, 3.05) is 0 Å². The van der Waals surface area contributed by atoms with Crippen LogP contribution in [-0.2, 0) is 20.1 Å². The summed E-state index contributed by atoms with van der Waals surface area (Å²) >= 11 is 0. The molecule has 0 fully saturated rings. The van der Waals surface area contributed by atoms with Crippen molar-refractivity contribution >= 4 is 20.1 Å². The molecule has 0 amide bonds. The van der Waals surface area contributed by atoms with Crippen molar-refractivity contribution in [3.05, 3.63) is 77.9 Å². The van der Waals surface area contributed by atoms with Gasteiger partial charge in [-0.25, -0.2) is 12.4 Å². The quantitative estimate of drug-likeness (QED) is 0.653. The lowest BCUT2D eigenvalue weighted by Crippen LogP contribution is -2.17. The second-order valence-electron chi connectivity index (χ2n) is 6.17. The highest BCUT2D eigenvalue weighted by molar-refractivity contribution is 7.90. The lowest BCUT2D eigenvalue weighted by Gasteiger charge is -2.15. The predicted octanol–water partition coefficient (Wildman–Crippen LogP) is 2.83. The Balaban J connectivity index is 2.22. The van der Waals surface area contributed by atoms with Gasteiger partial charge in [-0.15, -0.1) is 0 Å². The van der Waals surface area contributed by atoms with E-state index >= 15 is 0 Å². The van der Waals surface area contributed by atoms with E-state index in [1.54, 1.807) is 43.5 Å². The van der Waals surface area contributed by atoms with Crippen LogP contribution in [0, 0.1) is 6.92 Å². The fourth-order valence-corrected chi connectivity index (χ4v) is 4.73. The molecule has 9 heteroatoms. The van der Waals surface area contributed by atoms with E-state index < -0.39 is 31.0 Å². The average Bonchev–Trinajstić information content (AvgIpc) is 3.09. The molecule has 2 aromatic heterocycles. The Morgan fingerprint density at radius 3 is 2.22 bits per heavy atom. The van der Waals surface area contributed by atoms with Crippen LogP contribution in [0.15, 0.2) is 70.7 Å². The van der Waals surface area contributed by atoms with E-state index in [1.807, 2.05) is 6.92 Å². The summed E-state index contributed by atoms with van der Waals surface area (Å²) in [6.07, 6.45) is 2.48. The summed E-state index contributed by atoms with van der Waals surface area (Å²) in [4.78, 5) is 3.74. The largest absolute Gasteiger partial charge is 0.296 e. The van der Waals surface area contributed by atoms with Crippen LogP contribution < -0.4 is 0 Å². The zero-order valence-corrected chi connectivity index (χ0v) is 16.3. The number of nitrogens with zero attached hydrogens (tertiary/aromatic N) is 2. The lowest BCUT2D eigenvalue weighted by atomic mass is 10.0. The molecular weight excluding hydrogens is 388 g/mol. The number of aryl methyl sites for hydroxylation is 1. The molecular formula is C18H18N2O5S2. The van der Waals surface area contributed by atoms with Gasteiger partial charge >= 0.3 is 0 Å². The zero-order chi connectivity index (χ0) is 19.8. The van der Waals surface area contributed by atoms with Crippen molar-refractivity contribution in [3.8, 4) is 0 Å². The van der Waals surface area contributed by atoms with Crippen LogP contribution in [0.25, 0.3) is 0 Å². The summed E-state index contributed by atoms with van der Waals surface area (Å²) < 4.78 is 59.7. The third-order valence-electron chi connectivity index (χ3n) is 4.24. The SMILES string of the molecule is Cc1ccc(S(=O)(=O)n2cc(S(=O)(=O)O)cc2C(C)c2ccccn2)cc1. The van der Waals surface area contributed by atoms with E-state index in [1.165, 1.54) is 12.1 Å². The smallest absolute Gasteiger partial charge is 0.282 e. The summed E-state index contributed by atoms with van der Waals surface area (Å²) in [6.45, 7) is 3.55. The van der Waals surface area contributed by atoms with Gasteiger partial charge in [0.2, 0.25) is 0 Å². The van der Waals surface area contributed by atoms with Gasteiger partial charge in [-0.1, -0.05) is 30.7 Å². The number of pyridine rings is 1. The van der Waals surface area contributed by atoms with Gasteiger partial charge in [0.15, 0.2) is 0 Å². The van der Waals surface area contributed by atoms with Gasteiger partial charge in [0.05, 0.1) is 4.90 Å². The summed E-state index contributed by atoms with van der Waals surface area (Å²) in [7, 11) is -8.64. The van der Waals surface area contributed by atoms with E-state index in [0.29, 0.717) is 5.69 Å². The third kappa shape index (κ3) is 3.80. The molecule has 1 unspecified atom stereocenters. The number of hydrogen-bond acceptors (Lipinski definition) is 5. The van der Waals surface area contributed by atoms with Crippen LogP contribution in [0.2, 0.25) is 0 Å². The molecule has 3 aromatic rings. The summed E-state index contributed by atoms with van der Waals surface area (Å²) in [6, 6.07) is 12.6. The molecule has 1 N–H and O–H groups in total. The van der Waals surface area contributed by atoms with Crippen molar-refractivity contribution in [1.82, 2.24) is 8.96 Å². The maximum Gasteiger partial charge on any atom is 0.296 e. The Morgan fingerprint density at radius 1 is 1.00 bits per heavy atom. The van der Waals surface area contributed by atoms with Crippen LogP contribution in [0.1, 0.15) is 29.8 Å². The van der Waals surface area contributed by atoms with Crippen molar-refractivity contribution < 1.29 is 21.4 Å². The second-order valence-corrected chi connectivity index (χ2v) is 9.40. The molecule has 142 valence electrons. The van der Waals surface area contributed by atoms with E-state index in [0.717, 1.165) is 21.8 Å². The Hall–Kier alpha value is -2.49. The molecule has 0 aliphatic carbocycles. The lowest BCUT2D eigenvalue weighted by molar-refractivity contribution is 0.483. The summed E-state index contributed by atoms with van der Waals surface area (Å²) in [5.74, 6) is -0.526. The van der Waals surface area contributed by atoms with Crippen molar-refractivity contribution in [2.24, 2.45) is 0 Å². The molecule has 0 saturated heterocycles. The second kappa shape index (κ2) is 6.91. The van der Waals surface area contributed by atoms with E-state index in [-0.39, 0.29) is 10.6 Å². The third-order valence-corrected chi connectivity index (χ3v) is 6.76. The highest BCUT2D eigenvalue weighted by Gasteiger charge is 2.27. The van der Waals surface area contributed by atoms with Crippen LogP contribution >= 0.6 is 0 Å². The zero-order valence-electron chi connectivity index (χ0n) is 14.6. The highest BCUT2D eigenvalue weighted by atomic mass is 32.2. The van der Waals surface area contributed by atoms with Gasteiger partial charge in [0.1, 0.15) is 4.90 Å².